The van der Waals surface area contributed by atoms with Crippen molar-refractivity contribution < 1.29 is 14.3 Å². The van der Waals surface area contributed by atoms with Gasteiger partial charge in [-0.2, -0.15) is 0 Å². The van der Waals surface area contributed by atoms with Crippen molar-refractivity contribution in [3.8, 4) is 0 Å². The molecule has 1 heterocycles. The van der Waals surface area contributed by atoms with Crippen molar-refractivity contribution in [2.45, 2.75) is 19.4 Å². The molecular formula is C13H16O3. The van der Waals surface area contributed by atoms with Crippen LogP contribution in [0.1, 0.15) is 18.4 Å². The van der Waals surface area contributed by atoms with Gasteiger partial charge in [-0.3, -0.25) is 4.79 Å². The molecule has 0 radical (unpaired) electrons. The fourth-order valence-corrected chi connectivity index (χ4v) is 1.78. The molecule has 1 aromatic rings. The van der Waals surface area contributed by atoms with Gasteiger partial charge in [0.1, 0.15) is 6.61 Å². The lowest BCUT2D eigenvalue weighted by molar-refractivity contribution is -0.146. The van der Waals surface area contributed by atoms with E-state index in [1.165, 1.54) is 0 Å². The molecule has 1 aromatic carbocycles. The Morgan fingerprint density at radius 3 is 2.88 bits per heavy atom. The van der Waals surface area contributed by atoms with Crippen molar-refractivity contribution >= 4 is 5.97 Å². The summed E-state index contributed by atoms with van der Waals surface area (Å²) in [4.78, 5) is 11.5. The maximum atomic E-state index is 11.5. The first-order valence-electron chi connectivity index (χ1n) is 5.62. The number of carbonyl (C=O) groups excluding carboxylic acids is 1. The highest BCUT2D eigenvalue weighted by molar-refractivity contribution is 5.69. The first-order valence-corrected chi connectivity index (χ1v) is 5.62. The molecule has 1 aliphatic rings. The first-order chi connectivity index (χ1) is 7.84. The smallest absolute Gasteiger partial charge is 0.306 e. The molecule has 16 heavy (non-hydrogen) atoms. The van der Waals surface area contributed by atoms with E-state index < -0.39 is 0 Å². The van der Waals surface area contributed by atoms with Gasteiger partial charge in [0.25, 0.3) is 0 Å². The summed E-state index contributed by atoms with van der Waals surface area (Å²) in [6.07, 6.45) is 1.45. The summed E-state index contributed by atoms with van der Waals surface area (Å²) >= 11 is 0. The van der Waals surface area contributed by atoms with Crippen molar-refractivity contribution in [3.05, 3.63) is 35.9 Å². The number of ether oxygens (including phenoxy) is 2. The van der Waals surface area contributed by atoms with Gasteiger partial charge < -0.3 is 9.47 Å². The van der Waals surface area contributed by atoms with E-state index in [1.54, 1.807) is 0 Å². The maximum absolute atomic E-state index is 11.5. The lowest BCUT2D eigenvalue weighted by Gasteiger charge is -2.07. The highest BCUT2D eigenvalue weighted by Crippen LogP contribution is 2.17. The standard InChI is InChI=1S/C13H16O3/c14-13(8-12-6-7-15-9-12)16-10-11-4-2-1-3-5-11/h1-5,12H,6-10H2. The fraction of sp³-hybridized carbons (Fsp3) is 0.462. The summed E-state index contributed by atoms with van der Waals surface area (Å²) in [6.45, 7) is 1.84. The van der Waals surface area contributed by atoms with E-state index >= 15 is 0 Å². The predicted octanol–water partition coefficient (Wildman–Crippen LogP) is 2.16. The molecule has 0 N–H and O–H groups in total. The zero-order chi connectivity index (χ0) is 11.2. The van der Waals surface area contributed by atoms with Gasteiger partial charge in [-0.1, -0.05) is 30.3 Å². The Labute approximate surface area is 95.4 Å². The van der Waals surface area contributed by atoms with E-state index in [2.05, 4.69) is 0 Å². The molecule has 86 valence electrons. The van der Waals surface area contributed by atoms with E-state index in [9.17, 15) is 4.79 Å². The Morgan fingerprint density at radius 1 is 1.38 bits per heavy atom. The van der Waals surface area contributed by atoms with Crippen LogP contribution < -0.4 is 0 Å². The molecule has 1 unspecified atom stereocenters. The lowest BCUT2D eigenvalue weighted by Crippen LogP contribution is -2.11. The summed E-state index contributed by atoms with van der Waals surface area (Å²) in [7, 11) is 0. The van der Waals surface area contributed by atoms with Gasteiger partial charge in [-0.15, -0.1) is 0 Å². The molecule has 1 fully saturated rings. The van der Waals surface area contributed by atoms with Crippen molar-refractivity contribution in [2.24, 2.45) is 5.92 Å². The molecule has 0 aliphatic carbocycles. The van der Waals surface area contributed by atoms with Crippen LogP contribution >= 0.6 is 0 Å². The first kappa shape index (κ1) is 11.1. The molecular weight excluding hydrogens is 204 g/mol. The number of rotatable bonds is 4. The van der Waals surface area contributed by atoms with Crippen LogP contribution in [0.25, 0.3) is 0 Å². The Kier molecular flexibility index (Phi) is 3.94. The van der Waals surface area contributed by atoms with Gasteiger partial charge in [0.15, 0.2) is 0 Å². The van der Waals surface area contributed by atoms with Crippen molar-refractivity contribution in [2.75, 3.05) is 13.2 Å². The molecule has 0 aromatic heterocycles. The maximum Gasteiger partial charge on any atom is 0.306 e. The highest BCUT2D eigenvalue weighted by atomic mass is 16.5. The van der Waals surface area contributed by atoms with Crippen LogP contribution in [-0.2, 0) is 20.9 Å². The van der Waals surface area contributed by atoms with Crippen LogP contribution in [0, 0.1) is 5.92 Å². The lowest BCUT2D eigenvalue weighted by atomic mass is 10.1. The summed E-state index contributed by atoms with van der Waals surface area (Å²) in [6, 6.07) is 9.72. The normalized spacial score (nSPS) is 19.6. The van der Waals surface area contributed by atoms with Gasteiger partial charge >= 0.3 is 5.97 Å². The summed E-state index contributed by atoms with van der Waals surface area (Å²) in [5.74, 6) is 0.225. The number of esters is 1. The minimum Gasteiger partial charge on any atom is -0.461 e. The second kappa shape index (κ2) is 5.66. The molecule has 2 rings (SSSR count). The molecule has 1 aliphatic heterocycles. The number of carbonyl (C=O) groups is 1. The minimum atomic E-state index is -0.126. The molecule has 0 bridgehead atoms. The quantitative estimate of drug-likeness (QED) is 0.729. The van der Waals surface area contributed by atoms with E-state index in [1.807, 2.05) is 30.3 Å². The van der Waals surface area contributed by atoms with Gasteiger partial charge in [0.05, 0.1) is 13.0 Å². The average Bonchev–Trinajstić information content (AvgIpc) is 2.81. The zero-order valence-electron chi connectivity index (χ0n) is 9.22. The largest absolute Gasteiger partial charge is 0.461 e. The van der Waals surface area contributed by atoms with Gasteiger partial charge in [0, 0.05) is 6.61 Å². The van der Waals surface area contributed by atoms with Crippen molar-refractivity contribution in [3.63, 3.8) is 0 Å². The third-order valence-electron chi connectivity index (χ3n) is 2.72. The van der Waals surface area contributed by atoms with Crippen LogP contribution in [-0.4, -0.2) is 19.2 Å². The third kappa shape index (κ3) is 3.35. The molecule has 3 nitrogen and oxygen atoms in total. The number of hydrogen-bond acceptors (Lipinski definition) is 3. The van der Waals surface area contributed by atoms with Gasteiger partial charge in [-0.05, 0) is 17.9 Å². The zero-order valence-corrected chi connectivity index (χ0v) is 9.22. The van der Waals surface area contributed by atoms with Crippen LogP contribution in [0.3, 0.4) is 0 Å². The summed E-state index contributed by atoms with van der Waals surface area (Å²) in [5, 5.41) is 0. The second-order valence-electron chi connectivity index (χ2n) is 4.08. The minimum absolute atomic E-state index is 0.126. The Bertz CT molecular complexity index is 328. The van der Waals surface area contributed by atoms with Gasteiger partial charge in [-0.25, -0.2) is 0 Å². The Balaban J connectivity index is 1.71. The topological polar surface area (TPSA) is 35.5 Å². The SMILES string of the molecule is O=C(CC1CCOC1)OCc1ccccc1. The van der Waals surface area contributed by atoms with E-state index in [4.69, 9.17) is 9.47 Å². The van der Waals surface area contributed by atoms with Crippen LogP contribution in [0.15, 0.2) is 30.3 Å². The van der Waals surface area contributed by atoms with E-state index in [-0.39, 0.29) is 5.97 Å². The van der Waals surface area contributed by atoms with Crippen LogP contribution in [0.4, 0.5) is 0 Å². The summed E-state index contributed by atoms with van der Waals surface area (Å²) < 4.78 is 10.4. The predicted molar refractivity (Wildman–Crippen MR) is 59.8 cm³/mol. The van der Waals surface area contributed by atoms with Crippen molar-refractivity contribution in [1.82, 2.24) is 0 Å². The second-order valence-corrected chi connectivity index (χ2v) is 4.08. The Morgan fingerprint density at radius 2 is 2.19 bits per heavy atom. The molecule has 3 heteroatoms. The van der Waals surface area contributed by atoms with E-state index in [0.717, 1.165) is 18.6 Å². The van der Waals surface area contributed by atoms with Crippen molar-refractivity contribution in [1.29, 1.82) is 0 Å². The Hall–Kier alpha value is -1.35. The third-order valence-corrected chi connectivity index (χ3v) is 2.72. The number of hydrogen-bond donors (Lipinski definition) is 0. The molecule has 1 saturated heterocycles. The van der Waals surface area contributed by atoms with Crippen LogP contribution in [0.5, 0.6) is 0 Å². The van der Waals surface area contributed by atoms with Crippen LogP contribution in [0.2, 0.25) is 0 Å². The fourth-order valence-electron chi connectivity index (χ4n) is 1.78. The monoisotopic (exact) mass is 220 g/mol. The molecule has 1 atom stereocenters. The number of benzene rings is 1. The van der Waals surface area contributed by atoms with E-state index in [0.29, 0.717) is 25.6 Å². The molecule has 0 spiro atoms. The average molecular weight is 220 g/mol. The molecule has 0 amide bonds. The molecule has 0 saturated carbocycles. The highest BCUT2D eigenvalue weighted by Gasteiger charge is 2.19. The summed E-state index contributed by atoms with van der Waals surface area (Å²) in [5.41, 5.74) is 1.03. The van der Waals surface area contributed by atoms with Gasteiger partial charge in [0.2, 0.25) is 0 Å².